The van der Waals surface area contributed by atoms with Gasteiger partial charge in [0.25, 0.3) is 0 Å². The number of fused-ring (bicyclic) bond motifs is 1. The minimum Gasteiger partial charge on any atom is -0.493 e. The molecule has 3 aromatic carbocycles. The second-order valence-corrected chi connectivity index (χ2v) is 13.2. The number of ether oxygens (including phenoxy) is 1. The van der Waals surface area contributed by atoms with Gasteiger partial charge in [0.05, 0.1) is 23.6 Å². The van der Waals surface area contributed by atoms with Gasteiger partial charge in [0.2, 0.25) is 15.9 Å². The highest BCUT2D eigenvalue weighted by Crippen LogP contribution is 2.34. The molecule has 10 heteroatoms. The Labute approximate surface area is 246 Å². The number of carbonyl (C=O) groups excluding carboxylic acids is 1. The van der Waals surface area contributed by atoms with E-state index < -0.39 is 16.1 Å². The predicted molar refractivity (Wildman–Crippen MR) is 159 cm³/mol. The summed E-state index contributed by atoms with van der Waals surface area (Å²) in [6.45, 7) is 6.67. The molecule has 1 amide bonds. The molecule has 2 N–H and O–H groups in total. The minimum atomic E-state index is -4.03. The summed E-state index contributed by atoms with van der Waals surface area (Å²) in [7, 11) is -1.93. The monoisotopic (exact) mass is 603 g/mol. The van der Waals surface area contributed by atoms with Crippen molar-refractivity contribution in [2.45, 2.75) is 50.2 Å². The van der Waals surface area contributed by atoms with Gasteiger partial charge in [0.15, 0.2) is 0 Å². The summed E-state index contributed by atoms with van der Waals surface area (Å²) >= 11 is 12.1. The summed E-state index contributed by atoms with van der Waals surface area (Å²) in [5.74, 6) is 1.07. The number of benzene rings is 3. The highest BCUT2D eigenvalue weighted by molar-refractivity contribution is 7.89. The smallest absolute Gasteiger partial charge is 0.241 e. The van der Waals surface area contributed by atoms with Crippen LogP contribution < -0.4 is 14.8 Å². The molecule has 7 nitrogen and oxygen atoms in total. The predicted octanol–water partition coefficient (Wildman–Crippen LogP) is 6.13. The van der Waals surface area contributed by atoms with Crippen molar-refractivity contribution in [3.05, 3.63) is 93.5 Å². The van der Waals surface area contributed by atoms with E-state index in [1.807, 2.05) is 18.2 Å². The van der Waals surface area contributed by atoms with Crippen molar-refractivity contribution >= 4 is 39.1 Å². The molecule has 2 unspecified atom stereocenters. The first-order valence-electron chi connectivity index (χ1n) is 13.3. The van der Waals surface area contributed by atoms with Crippen molar-refractivity contribution in [1.82, 2.24) is 14.9 Å². The van der Waals surface area contributed by atoms with Crippen molar-refractivity contribution in [2.24, 2.45) is 5.92 Å². The third-order valence-electron chi connectivity index (χ3n) is 6.62. The molecule has 1 aliphatic rings. The van der Waals surface area contributed by atoms with E-state index in [1.54, 1.807) is 24.3 Å². The van der Waals surface area contributed by atoms with Gasteiger partial charge in [-0.05, 0) is 48.4 Å². The lowest BCUT2D eigenvalue weighted by atomic mass is 9.97. The number of carbonyl (C=O) groups is 1. The van der Waals surface area contributed by atoms with Crippen LogP contribution in [-0.2, 0) is 21.4 Å². The maximum absolute atomic E-state index is 13.3. The second-order valence-electron chi connectivity index (χ2n) is 10.6. The average molecular weight is 605 g/mol. The van der Waals surface area contributed by atoms with Crippen LogP contribution >= 0.6 is 23.2 Å². The maximum atomic E-state index is 13.3. The molecule has 3 aromatic rings. The number of hydrogen-bond donors (Lipinski definition) is 2. The van der Waals surface area contributed by atoms with Gasteiger partial charge in [0.1, 0.15) is 5.75 Å². The molecule has 0 aromatic heterocycles. The van der Waals surface area contributed by atoms with E-state index in [4.69, 9.17) is 27.9 Å². The number of halogens is 2. The maximum Gasteiger partial charge on any atom is 0.241 e. The van der Waals surface area contributed by atoms with Crippen LogP contribution in [0.1, 0.15) is 55.5 Å². The SMILES string of the molecule is CC(C)CN(C)Cc1ccc2c(c1)OCCC2NC(=O)CC(NS(=O)(=O)c1cc(Cl)cc(Cl)c1)c1ccccc1. The molecule has 214 valence electrons. The van der Waals surface area contributed by atoms with E-state index in [0.29, 0.717) is 24.5 Å². The van der Waals surface area contributed by atoms with Crippen LogP contribution in [0.15, 0.2) is 71.6 Å². The van der Waals surface area contributed by atoms with Crippen LogP contribution in [-0.4, -0.2) is 39.4 Å². The molecule has 0 radical (unpaired) electrons. The molecule has 0 bridgehead atoms. The van der Waals surface area contributed by atoms with Gasteiger partial charge < -0.3 is 15.0 Å². The van der Waals surface area contributed by atoms with Crippen molar-refractivity contribution in [3.63, 3.8) is 0 Å². The molecular formula is C30H35Cl2N3O4S. The van der Waals surface area contributed by atoms with Crippen LogP contribution in [0.3, 0.4) is 0 Å². The molecule has 2 atom stereocenters. The molecule has 0 saturated heterocycles. The lowest BCUT2D eigenvalue weighted by molar-refractivity contribution is -0.122. The van der Waals surface area contributed by atoms with E-state index in [-0.39, 0.29) is 33.3 Å². The van der Waals surface area contributed by atoms with E-state index in [9.17, 15) is 13.2 Å². The van der Waals surface area contributed by atoms with Gasteiger partial charge in [0, 0.05) is 41.5 Å². The summed E-state index contributed by atoms with van der Waals surface area (Å²) in [5, 5.41) is 3.51. The Bertz CT molecular complexity index is 1410. The summed E-state index contributed by atoms with van der Waals surface area (Å²) in [4.78, 5) is 15.5. The number of nitrogens with one attached hydrogen (secondary N) is 2. The molecule has 1 aliphatic heterocycles. The lowest BCUT2D eigenvalue weighted by Gasteiger charge is -2.28. The van der Waals surface area contributed by atoms with Crippen LogP contribution in [0.5, 0.6) is 5.75 Å². The molecule has 0 fully saturated rings. The third kappa shape index (κ3) is 8.21. The van der Waals surface area contributed by atoms with Gasteiger partial charge in [-0.2, -0.15) is 0 Å². The fourth-order valence-corrected chi connectivity index (χ4v) is 6.92. The van der Waals surface area contributed by atoms with Crippen LogP contribution in [0.2, 0.25) is 10.0 Å². The fraction of sp³-hybridized carbons (Fsp3) is 0.367. The first-order chi connectivity index (χ1) is 19.0. The molecule has 1 heterocycles. The van der Waals surface area contributed by atoms with Crippen molar-refractivity contribution in [2.75, 3.05) is 20.2 Å². The summed E-state index contributed by atoms with van der Waals surface area (Å²) in [6, 6.07) is 18.2. The lowest BCUT2D eigenvalue weighted by Crippen LogP contribution is -2.36. The number of nitrogens with zero attached hydrogens (tertiary/aromatic N) is 1. The number of rotatable bonds is 11. The van der Waals surface area contributed by atoms with E-state index in [2.05, 4.69) is 41.9 Å². The molecule has 0 saturated carbocycles. The van der Waals surface area contributed by atoms with E-state index in [0.717, 1.165) is 30.0 Å². The highest BCUT2D eigenvalue weighted by atomic mass is 35.5. The number of hydrogen-bond acceptors (Lipinski definition) is 5. The molecule has 40 heavy (non-hydrogen) atoms. The molecule has 0 spiro atoms. The van der Waals surface area contributed by atoms with Crippen LogP contribution in [0.4, 0.5) is 0 Å². The van der Waals surface area contributed by atoms with Gasteiger partial charge in [-0.1, -0.05) is 79.5 Å². The Balaban J connectivity index is 1.49. The fourth-order valence-electron chi connectivity index (χ4n) is 4.97. The molecule has 4 rings (SSSR count). The Morgan fingerprint density at radius 3 is 2.42 bits per heavy atom. The third-order valence-corrected chi connectivity index (χ3v) is 8.50. The van der Waals surface area contributed by atoms with Gasteiger partial charge in [-0.25, -0.2) is 13.1 Å². The highest BCUT2D eigenvalue weighted by Gasteiger charge is 2.28. The van der Waals surface area contributed by atoms with Crippen molar-refractivity contribution in [3.8, 4) is 5.75 Å². The zero-order valence-electron chi connectivity index (χ0n) is 22.9. The summed E-state index contributed by atoms with van der Waals surface area (Å²) in [5.41, 5.74) is 2.73. The second kappa shape index (κ2) is 13.4. The molecule has 0 aliphatic carbocycles. The Morgan fingerprint density at radius 1 is 1.05 bits per heavy atom. The Morgan fingerprint density at radius 2 is 1.75 bits per heavy atom. The van der Waals surface area contributed by atoms with Crippen LogP contribution in [0, 0.1) is 5.92 Å². The first kappa shape index (κ1) is 30.3. The largest absolute Gasteiger partial charge is 0.493 e. The minimum absolute atomic E-state index is 0.0699. The summed E-state index contributed by atoms with van der Waals surface area (Å²) < 4.78 is 35.1. The number of sulfonamides is 1. The van der Waals surface area contributed by atoms with Gasteiger partial charge in [-0.3, -0.25) is 4.79 Å². The zero-order chi connectivity index (χ0) is 28.9. The Hall–Kier alpha value is -2.62. The van der Waals surface area contributed by atoms with E-state index >= 15 is 0 Å². The normalized spacial score (nSPS) is 15.9. The topological polar surface area (TPSA) is 87.7 Å². The van der Waals surface area contributed by atoms with Gasteiger partial charge in [-0.15, -0.1) is 0 Å². The Kier molecular flexibility index (Phi) is 10.1. The first-order valence-corrected chi connectivity index (χ1v) is 15.5. The van der Waals surface area contributed by atoms with Crippen molar-refractivity contribution in [1.29, 1.82) is 0 Å². The van der Waals surface area contributed by atoms with E-state index in [1.165, 1.54) is 18.2 Å². The summed E-state index contributed by atoms with van der Waals surface area (Å²) in [6.07, 6.45) is 0.524. The van der Waals surface area contributed by atoms with Crippen LogP contribution in [0.25, 0.3) is 0 Å². The standard InChI is InChI=1S/C30H35Cl2N3O4S/c1-20(2)18-35(3)19-21-9-10-26-27(11-12-39-29(26)13-21)33-30(36)17-28(22-7-5-4-6-8-22)34-40(37,38)25-15-23(31)14-24(32)16-25/h4-10,13-16,20,27-28,34H,11-12,17-19H2,1-3H3,(H,33,36). The van der Waals surface area contributed by atoms with Gasteiger partial charge >= 0.3 is 0 Å². The average Bonchev–Trinajstić information content (AvgIpc) is 2.87. The zero-order valence-corrected chi connectivity index (χ0v) is 25.2. The quantitative estimate of drug-likeness (QED) is 0.275. The van der Waals surface area contributed by atoms with Crippen molar-refractivity contribution < 1.29 is 17.9 Å². The molecular weight excluding hydrogens is 569 g/mol. The number of amides is 1.